The summed E-state index contributed by atoms with van der Waals surface area (Å²) in [6.07, 6.45) is 7.35. The second-order valence-corrected chi connectivity index (χ2v) is 7.71. The fourth-order valence-electron chi connectivity index (χ4n) is 4.63. The summed E-state index contributed by atoms with van der Waals surface area (Å²) >= 11 is 0. The smallest absolute Gasteiger partial charge is 0.253 e. The van der Waals surface area contributed by atoms with Gasteiger partial charge in [-0.2, -0.15) is 0 Å². The lowest BCUT2D eigenvalue weighted by Gasteiger charge is -2.39. The second kappa shape index (κ2) is 7.77. The summed E-state index contributed by atoms with van der Waals surface area (Å²) in [6.45, 7) is 3.40. The van der Waals surface area contributed by atoms with Crippen LogP contribution in [0, 0.1) is 5.82 Å². The lowest BCUT2D eigenvalue weighted by Crippen LogP contribution is -2.50. The molecule has 4 nitrogen and oxygen atoms in total. The third-order valence-electron chi connectivity index (χ3n) is 5.85. The highest BCUT2D eigenvalue weighted by molar-refractivity contribution is 5.94. The van der Waals surface area contributed by atoms with Gasteiger partial charge in [0.15, 0.2) is 0 Å². The monoisotopic (exact) mass is 367 g/mol. The minimum absolute atomic E-state index is 0.0679. The summed E-state index contributed by atoms with van der Waals surface area (Å²) in [5, 5.41) is 3.20. The summed E-state index contributed by atoms with van der Waals surface area (Å²) < 4.78 is 13.4. The molecule has 1 aromatic carbocycles. The van der Waals surface area contributed by atoms with Crippen LogP contribution in [-0.2, 0) is 0 Å². The van der Waals surface area contributed by atoms with Crippen LogP contribution in [-0.4, -0.2) is 40.5 Å². The fraction of sp³-hybridized carbons (Fsp3) is 0.455. The van der Waals surface area contributed by atoms with E-state index in [1.54, 1.807) is 24.4 Å². The number of amides is 1. The molecule has 1 aromatic heterocycles. The molecule has 3 heterocycles. The number of hydrogen-bond acceptors (Lipinski definition) is 3. The predicted octanol–water partition coefficient (Wildman–Crippen LogP) is 4.02. The van der Waals surface area contributed by atoms with Crippen molar-refractivity contribution in [3.05, 3.63) is 54.0 Å². The summed E-state index contributed by atoms with van der Waals surface area (Å²) in [5.41, 5.74) is 1.93. The molecule has 2 aliphatic heterocycles. The van der Waals surface area contributed by atoms with Gasteiger partial charge in [-0.1, -0.05) is 19.1 Å². The van der Waals surface area contributed by atoms with Crippen LogP contribution in [0.2, 0.25) is 0 Å². The molecule has 2 saturated heterocycles. The number of rotatable bonds is 5. The molecule has 27 heavy (non-hydrogen) atoms. The van der Waals surface area contributed by atoms with Gasteiger partial charge in [-0.3, -0.25) is 14.7 Å². The first-order chi connectivity index (χ1) is 13.1. The van der Waals surface area contributed by atoms with E-state index >= 15 is 0 Å². The average molecular weight is 367 g/mol. The number of pyridine rings is 1. The highest BCUT2D eigenvalue weighted by Crippen LogP contribution is 2.35. The molecule has 1 amide bonds. The van der Waals surface area contributed by atoms with E-state index in [1.165, 1.54) is 37.9 Å². The van der Waals surface area contributed by atoms with Crippen LogP contribution < -0.4 is 5.32 Å². The van der Waals surface area contributed by atoms with Gasteiger partial charge in [-0.05, 0) is 62.9 Å². The lowest BCUT2D eigenvalue weighted by atomic mass is 9.96. The van der Waals surface area contributed by atoms with Gasteiger partial charge < -0.3 is 5.32 Å². The van der Waals surface area contributed by atoms with Gasteiger partial charge in [0, 0.05) is 29.9 Å². The highest BCUT2D eigenvalue weighted by Gasteiger charge is 2.40. The Bertz CT molecular complexity index is 793. The van der Waals surface area contributed by atoms with Crippen molar-refractivity contribution in [1.29, 1.82) is 0 Å². The SMILES string of the molecule is CCCN1[C@@H]2CC[C@@H]1CC(NC(=O)c1ccc(-c3cccc(F)c3)nc1)C2. The third kappa shape index (κ3) is 3.88. The number of nitrogens with zero attached hydrogens (tertiary/aromatic N) is 2. The van der Waals surface area contributed by atoms with Crippen LogP contribution >= 0.6 is 0 Å². The normalized spacial score (nSPS) is 24.7. The first kappa shape index (κ1) is 18.1. The zero-order valence-electron chi connectivity index (χ0n) is 15.7. The van der Waals surface area contributed by atoms with Gasteiger partial charge in [0.1, 0.15) is 5.82 Å². The van der Waals surface area contributed by atoms with Crippen molar-refractivity contribution in [3.63, 3.8) is 0 Å². The third-order valence-corrected chi connectivity index (χ3v) is 5.85. The number of benzene rings is 1. The molecule has 2 fully saturated rings. The van der Waals surface area contributed by atoms with Crippen molar-refractivity contribution in [1.82, 2.24) is 15.2 Å². The molecular weight excluding hydrogens is 341 g/mol. The van der Waals surface area contributed by atoms with Crippen LogP contribution in [0.4, 0.5) is 4.39 Å². The van der Waals surface area contributed by atoms with E-state index in [-0.39, 0.29) is 17.8 Å². The van der Waals surface area contributed by atoms with Gasteiger partial charge in [-0.25, -0.2) is 4.39 Å². The Balaban J connectivity index is 1.39. The number of fused-ring (bicyclic) bond motifs is 2. The molecule has 0 aliphatic carbocycles. The van der Waals surface area contributed by atoms with E-state index < -0.39 is 0 Å². The molecule has 0 unspecified atom stereocenters. The quantitative estimate of drug-likeness (QED) is 0.868. The number of carbonyl (C=O) groups is 1. The maximum absolute atomic E-state index is 13.4. The van der Waals surface area contributed by atoms with Crippen LogP contribution in [0.5, 0.6) is 0 Å². The van der Waals surface area contributed by atoms with Crippen molar-refractivity contribution in [2.45, 2.75) is 57.2 Å². The molecule has 0 spiro atoms. The summed E-state index contributed by atoms with van der Waals surface area (Å²) in [7, 11) is 0. The van der Waals surface area contributed by atoms with Crippen LogP contribution in [0.15, 0.2) is 42.6 Å². The van der Waals surface area contributed by atoms with E-state index in [1.807, 2.05) is 6.07 Å². The molecule has 2 atom stereocenters. The van der Waals surface area contributed by atoms with E-state index in [2.05, 4.69) is 22.1 Å². The van der Waals surface area contributed by atoms with Crippen LogP contribution in [0.1, 0.15) is 49.4 Å². The van der Waals surface area contributed by atoms with Crippen molar-refractivity contribution < 1.29 is 9.18 Å². The van der Waals surface area contributed by atoms with Gasteiger partial charge in [0.05, 0.1) is 11.3 Å². The predicted molar refractivity (Wildman–Crippen MR) is 104 cm³/mol. The van der Waals surface area contributed by atoms with Gasteiger partial charge in [-0.15, -0.1) is 0 Å². The Morgan fingerprint density at radius 1 is 1.22 bits per heavy atom. The van der Waals surface area contributed by atoms with Crippen molar-refractivity contribution in [2.24, 2.45) is 0 Å². The second-order valence-electron chi connectivity index (χ2n) is 7.71. The molecule has 1 N–H and O–H groups in total. The number of hydrogen-bond donors (Lipinski definition) is 1. The van der Waals surface area contributed by atoms with Crippen molar-refractivity contribution in [2.75, 3.05) is 6.54 Å². The minimum atomic E-state index is -0.292. The molecular formula is C22H26FN3O. The Morgan fingerprint density at radius 3 is 2.63 bits per heavy atom. The number of halogens is 1. The highest BCUT2D eigenvalue weighted by atomic mass is 19.1. The van der Waals surface area contributed by atoms with Gasteiger partial charge in [0.2, 0.25) is 0 Å². The number of nitrogens with one attached hydrogen (secondary N) is 1. The Kier molecular flexibility index (Phi) is 5.21. The Hall–Kier alpha value is -2.27. The van der Waals surface area contributed by atoms with Gasteiger partial charge >= 0.3 is 0 Å². The number of piperidine rings is 1. The fourth-order valence-corrected chi connectivity index (χ4v) is 4.63. The number of carbonyl (C=O) groups excluding carboxylic acids is 1. The molecule has 2 aliphatic rings. The average Bonchev–Trinajstić information content (AvgIpc) is 2.91. The molecule has 2 aromatic rings. The number of aromatic nitrogens is 1. The zero-order chi connectivity index (χ0) is 18.8. The zero-order valence-corrected chi connectivity index (χ0v) is 15.7. The van der Waals surface area contributed by atoms with E-state index in [0.717, 1.165) is 12.8 Å². The molecule has 0 saturated carbocycles. The van der Waals surface area contributed by atoms with E-state index in [4.69, 9.17) is 0 Å². The minimum Gasteiger partial charge on any atom is -0.349 e. The summed E-state index contributed by atoms with van der Waals surface area (Å²) in [4.78, 5) is 19.6. The first-order valence-corrected chi connectivity index (χ1v) is 9.92. The van der Waals surface area contributed by atoms with E-state index in [9.17, 15) is 9.18 Å². The molecule has 142 valence electrons. The molecule has 2 bridgehead atoms. The van der Waals surface area contributed by atoms with E-state index in [0.29, 0.717) is 28.9 Å². The Labute approximate surface area is 159 Å². The van der Waals surface area contributed by atoms with Gasteiger partial charge in [0.25, 0.3) is 5.91 Å². The molecule has 0 radical (unpaired) electrons. The first-order valence-electron chi connectivity index (χ1n) is 9.92. The van der Waals surface area contributed by atoms with Crippen LogP contribution in [0.3, 0.4) is 0 Å². The topological polar surface area (TPSA) is 45.2 Å². The molecule has 5 heteroatoms. The lowest BCUT2D eigenvalue weighted by molar-refractivity contribution is 0.0845. The Morgan fingerprint density at radius 2 is 2.00 bits per heavy atom. The van der Waals surface area contributed by atoms with Crippen LogP contribution in [0.25, 0.3) is 11.3 Å². The largest absolute Gasteiger partial charge is 0.349 e. The maximum Gasteiger partial charge on any atom is 0.253 e. The summed E-state index contributed by atoms with van der Waals surface area (Å²) in [5.74, 6) is -0.359. The maximum atomic E-state index is 13.4. The van der Waals surface area contributed by atoms with Crippen molar-refractivity contribution >= 4 is 5.91 Å². The summed E-state index contributed by atoms with van der Waals surface area (Å²) in [6, 6.07) is 11.3. The molecule has 4 rings (SSSR count). The standard InChI is InChI=1S/C22H26FN3O/c1-2-10-26-19-7-8-20(26)13-18(12-19)25-22(27)16-6-9-21(24-14-16)15-4-3-5-17(23)11-15/h3-6,9,11,14,18-20H,2,7-8,10,12-13H2,1H3,(H,25,27)/t19-,20-/m1/s1. The van der Waals surface area contributed by atoms with Crippen molar-refractivity contribution in [3.8, 4) is 11.3 Å².